The Kier molecular flexibility index (Phi) is 3.65. The predicted octanol–water partition coefficient (Wildman–Crippen LogP) is 1.98. The highest BCUT2D eigenvalue weighted by Gasteiger charge is 2.44. The van der Waals surface area contributed by atoms with Crippen molar-refractivity contribution in [2.24, 2.45) is 0 Å². The molecule has 1 N–H and O–H groups in total. The average Bonchev–Trinajstić information content (AvgIpc) is 2.38. The molecule has 0 bridgehead atoms. The molecule has 1 atom stereocenters. The van der Waals surface area contributed by atoms with E-state index < -0.39 is 11.6 Å². The molecule has 1 fully saturated rings. The fourth-order valence-corrected chi connectivity index (χ4v) is 2.39. The summed E-state index contributed by atoms with van der Waals surface area (Å²) >= 11 is 6.18. The fraction of sp³-hybridized carbons (Fsp3) is 0.429. The molecule has 1 unspecified atom stereocenters. The summed E-state index contributed by atoms with van der Waals surface area (Å²) in [4.78, 5) is 26.0. The molecule has 2 amide bonds. The van der Waals surface area contributed by atoms with Gasteiger partial charge in [-0.15, -0.1) is 0 Å². The zero-order valence-electron chi connectivity index (χ0n) is 11.9. The van der Waals surface area contributed by atoms with E-state index in [4.69, 9.17) is 16.3 Å². The van der Waals surface area contributed by atoms with Gasteiger partial charge in [-0.05, 0) is 32.9 Å². The number of hydrogen-bond donors (Lipinski definition) is 1. The highest BCUT2D eigenvalue weighted by molar-refractivity contribution is 6.34. The van der Waals surface area contributed by atoms with E-state index in [0.717, 1.165) is 0 Å². The number of hydrogen-bond acceptors (Lipinski definition) is 3. The Balaban J connectivity index is 2.53. The molecule has 0 saturated carbocycles. The van der Waals surface area contributed by atoms with Crippen LogP contribution in [0.25, 0.3) is 0 Å². The zero-order chi connectivity index (χ0) is 15.1. The van der Waals surface area contributed by atoms with Gasteiger partial charge in [0.15, 0.2) is 0 Å². The highest BCUT2D eigenvalue weighted by atomic mass is 35.5. The number of piperazine rings is 1. The molecule has 1 aliphatic rings. The van der Waals surface area contributed by atoms with E-state index in [1.165, 1.54) is 12.0 Å². The van der Waals surface area contributed by atoms with E-state index in [2.05, 4.69) is 5.32 Å². The van der Waals surface area contributed by atoms with Gasteiger partial charge in [-0.2, -0.15) is 0 Å². The lowest BCUT2D eigenvalue weighted by molar-refractivity contribution is -0.136. The van der Waals surface area contributed by atoms with Crippen molar-refractivity contribution in [3.05, 3.63) is 23.2 Å². The first-order chi connectivity index (χ1) is 9.27. The molecule has 108 valence electrons. The lowest BCUT2D eigenvalue weighted by Crippen LogP contribution is -2.67. The van der Waals surface area contributed by atoms with E-state index in [1.54, 1.807) is 39.0 Å². The maximum atomic E-state index is 12.6. The van der Waals surface area contributed by atoms with Gasteiger partial charge in [0.1, 0.15) is 17.3 Å². The lowest BCUT2D eigenvalue weighted by Gasteiger charge is -2.41. The summed E-state index contributed by atoms with van der Waals surface area (Å²) in [6.07, 6.45) is 0. The van der Waals surface area contributed by atoms with Crippen molar-refractivity contribution in [2.45, 2.75) is 32.4 Å². The highest BCUT2D eigenvalue weighted by Crippen LogP contribution is 2.34. The Bertz CT molecular complexity index is 572. The van der Waals surface area contributed by atoms with Gasteiger partial charge in [-0.1, -0.05) is 11.6 Å². The quantitative estimate of drug-likeness (QED) is 0.908. The molecule has 0 radical (unpaired) electrons. The van der Waals surface area contributed by atoms with E-state index in [0.29, 0.717) is 16.5 Å². The molecule has 0 aliphatic carbocycles. The molecule has 6 heteroatoms. The van der Waals surface area contributed by atoms with Gasteiger partial charge >= 0.3 is 0 Å². The van der Waals surface area contributed by atoms with Gasteiger partial charge in [-0.25, -0.2) is 0 Å². The molecule has 1 heterocycles. The van der Waals surface area contributed by atoms with Gasteiger partial charge in [0, 0.05) is 6.07 Å². The van der Waals surface area contributed by atoms with Crippen LogP contribution >= 0.6 is 11.6 Å². The third-order valence-electron chi connectivity index (χ3n) is 3.37. The number of benzene rings is 1. The summed E-state index contributed by atoms with van der Waals surface area (Å²) in [5.74, 6) is 0.154. The summed E-state index contributed by atoms with van der Waals surface area (Å²) in [6, 6.07) is 4.39. The number of rotatable bonds is 2. The predicted molar refractivity (Wildman–Crippen MR) is 77.2 cm³/mol. The summed E-state index contributed by atoms with van der Waals surface area (Å²) in [7, 11) is 1.53. The van der Waals surface area contributed by atoms with Crippen molar-refractivity contribution in [2.75, 3.05) is 12.0 Å². The van der Waals surface area contributed by atoms with Crippen LogP contribution in [-0.2, 0) is 9.59 Å². The van der Waals surface area contributed by atoms with Gasteiger partial charge in [0.25, 0.3) is 5.91 Å². The Labute approximate surface area is 122 Å². The second kappa shape index (κ2) is 4.98. The normalized spacial score (nSPS) is 21.6. The molecule has 0 aromatic heterocycles. The van der Waals surface area contributed by atoms with Crippen LogP contribution < -0.4 is 15.0 Å². The second-order valence-electron chi connectivity index (χ2n) is 5.28. The minimum absolute atomic E-state index is 0.209. The maximum absolute atomic E-state index is 12.6. The minimum Gasteiger partial charge on any atom is -0.497 e. The third kappa shape index (κ3) is 2.33. The Morgan fingerprint density at radius 1 is 1.35 bits per heavy atom. The zero-order valence-corrected chi connectivity index (χ0v) is 12.6. The number of nitrogens with one attached hydrogen (secondary N) is 1. The van der Waals surface area contributed by atoms with E-state index >= 15 is 0 Å². The first kappa shape index (κ1) is 14.7. The summed E-state index contributed by atoms with van der Waals surface area (Å²) in [5.41, 5.74) is -0.484. The molecular formula is C14H17ClN2O3. The van der Waals surface area contributed by atoms with Gasteiger partial charge < -0.3 is 10.1 Å². The average molecular weight is 297 g/mol. The minimum atomic E-state index is -0.962. The number of amides is 2. The number of anilines is 1. The molecule has 20 heavy (non-hydrogen) atoms. The van der Waals surface area contributed by atoms with Crippen molar-refractivity contribution in [3.63, 3.8) is 0 Å². The Hall–Kier alpha value is -1.75. The lowest BCUT2D eigenvalue weighted by atomic mass is 9.96. The van der Waals surface area contributed by atoms with Crippen LogP contribution in [0, 0.1) is 0 Å². The SMILES string of the molecule is COc1ccc(Cl)c(N2C(=O)C(C)(C)NC(=O)C2C)c1. The number of nitrogens with zero attached hydrogens (tertiary/aromatic N) is 1. The van der Waals surface area contributed by atoms with Gasteiger partial charge in [-0.3, -0.25) is 14.5 Å². The molecule has 0 spiro atoms. The van der Waals surface area contributed by atoms with Crippen molar-refractivity contribution < 1.29 is 14.3 Å². The smallest absolute Gasteiger partial charge is 0.252 e. The second-order valence-corrected chi connectivity index (χ2v) is 5.69. The van der Waals surface area contributed by atoms with Gasteiger partial charge in [0.2, 0.25) is 5.91 Å². The molecule has 5 nitrogen and oxygen atoms in total. The molecule has 1 saturated heterocycles. The number of carbonyl (C=O) groups is 2. The van der Waals surface area contributed by atoms with Crippen molar-refractivity contribution >= 4 is 29.1 Å². The summed E-state index contributed by atoms with van der Waals surface area (Å²) < 4.78 is 5.15. The first-order valence-corrected chi connectivity index (χ1v) is 6.65. The largest absolute Gasteiger partial charge is 0.497 e. The molecule has 1 aromatic carbocycles. The molecular weight excluding hydrogens is 280 g/mol. The third-order valence-corrected chi connectivity index (χ3v) is 3.69. The monoisotopic (exact) mass is 296 g/mol. The van der Waals surface area contributed by atoms with E-state index in [1.807, 2.05) is 0 Å². The molecule has 1 aliphatic heterocycles. The van der Waals surface area contributed by atoms with Crippen LogP contribution in [0.1, 0.15) is 20.8 Å². The topological polar surface area (TPSA) is 58.6 Å². The van der Waals surface area contributed by atoms with Crippen LogP contribution in [0.4, 0.5) is 5.69 Å². The fourth-order valence-electron chi connectivity index (χ4n) is 2.18. The standard InChI is InChI=1S/C14H17ClN2O3/c1-8-12(18)16-14(2,3)13(19)17(8)11-7-9(20-4)5-6-10(11)15/h5-8H,1-4H3,(H,16,18). The maximum Gasteiger partial charge on any atom is 0.252 e. The number of halogens is 1. The van der Waals surface area contributed by atoms with E-state index in [9.17, 15) is 9.59 Å². The van der Waals surface area contributed by atoms with Crippen LogP contribution in [0.2, 0.25) is 5.02 Å². The summed E-state index contributed by atoms with van der Waals surface area (Å²) in [6.45, 7) is 5.00. The van der Waals surface area contributed by atoms with Crippen molar-refractivity contribution in [1.82, 2.24) is 5.32 Å². The molecule has 1 aromatic rings. The van der Waals surface area contributed by atoms with Gasteiger partial charge in [0.05, 0.1) is 17.8 Å². The first-order valence-electron chi connectivity index (χ1n) is 6.27. The van der Waals surface area contributed by atoms with Crippen molar-refractivity contribution in [1.29, 1.82) is 0 Å². The van der Waals surface area contributed by atoms with Crippen LogP contribution in [-0.4, -0.2) is 30.5 Å². The van der Waals surface area contributed by atoms with Crippen LogP contribution in [0.5, 0.6) is 5.75 Å². The number of ether oxygens (including phenoxy) is 1. The van der Waals surface area contributed by atoms with Crippen LogP contribution in [0.15, 0.2) is 18.2 Å². The molecule has 2 rings (SSSR count). The summed E-state index contributed by atoms with van der Waals surface area (Å²) in [5, 5.41) is 3.10. The number of methoxy groups -OCH3 is 1. The van der Waals surface area contributed by atoms with Crippen molar-refractivity contribution in [3.8, 4) is 5.75 Å². The number of carbonyl (C=O) groups excluding carboxylic acids is 2. The Morgan fingerprint density at radius 3 is 2.60 bits per heavy atom. The van der Waals surface area contributed by atoms with E-state index in [-0.39, 0.29) is 11.8 Å². The Morgan fingerprint density at radius 2 is 2.00 bits per heavy atom. The van der Waals surface area contributed by atoms with Crippen LogP contribution in [0.3, 0.4) is 0 Å².